The molecule has 0 amide bonds. The molecule has 1 aliphatic carbocycles. The molecule has 0 atom stereocenters. The third-order valence-corrected chi connectivity index (χ3v) is 3.47. The molecule has 0 spiro atoms. The molecule has 13 heavy (non-hydrogen) atoms. The van der Waals surface area contributed by atoms with Gasteiger partial charge in [0, 0.05) is 15.7 Å². The first-order valence-corrected chi connectivity index (χ1v) is 5.92. The van der Waals surface area contributed by atoms with Crippen LogP contribution in [-0.2, 0) is 0 Å². The van der Waals surface area contributed by atoms with Gasteiger partial charge in [-0.1, -0.05) is 19.4 Å². The molecule has 0 aromatic rings. The van der Waals surface area contributed by atoms with E-state index >= 15 is 0 Å². The topological polar surface area (TPSA) is 12.4 Å². The lowest BCUT2D eigenvalue weighted by Crippen LogP contribution is -2.17. The van der Waals surface area contributed by atoms with Crippen LogP contribution in [0.15, 0.2) is 25.8 Å². The molecule has 0 saturated carbocycles. The van der Waals surface area contributed by atoms with E-state index in [9.17, 15) is 0 Å². The second kappa shape index (κ2) is 4.94. The fourth-order valence-electron chi connectivity index (χ4n) is 1.38. The molecule has 0 heterocycles. The van der Waals surface area contributed by atoms with Gasteiger partial charge in [-0.05, 0) is 48.4 Å². The van der Waals surface area contributed by atoms with Crippen LogP contribution in [0.2, 0.25) is 0 Å². The highest BCUT2D eigenvalue weighted by Crippen LogP contribution is 2.36. The number of allylic oxidation sites excluding steroid dienone is 4. The molecule has 0 aromatic heterocycles. The zero-order valence-electron chi connectivity index (χ0n) is 8.52. The van der Waals surface area contributed by atoms with Gasteiger partial charge in [-0.3, -0.25) is 4.99 Å². The number of unbranched alkanes of at least 4 members (excludes halogenated alkanes) is 1. The van der Waals surface area contributed by atoms with Crippen molar-refractivity contribution < 1.29 is 0 Å². The fourth-order valence-corrected chi connectivity index (χ4v) is 2.13. The third kappa shape index (κ3) is 2.22. The van der Waals surface area contributed by atoms with E-state index in [1.165, 1.54) is 33.3 Å². The van der Waals surface area contributed by atoms with Crippen molar-refractivity contribution >= 4 is 28.3 Å². The molecule has 0 N–H and O–H groups in total. The molecule has 0 unspecified atom stereocenters. The van der Waals surface area contributed by atoms with E-state index < -0.39 is 0 Å². The molecule has 0 radical (unpaired) electrons. The number of halogens is 1. The normalized spacial score (nSPS) is 22.8. The van der Waals surface area contributed by atoms with Crippen LogP contribution in [0.25, 0.3) is 0 Å². The van der Waals surface area contributed by atoms with Gasteiger partial charge in [0.05, 0.1) is 5.71 Å². The first-order valence-electron chi connectivity index (χ1n) is 4.84. The predicted octanol–water partition coefficient (Wildman–Crippen LogP) is 3.90. The summed E-state index contributed by atoms with van der Waals surface area (Å²) < 4.78 is 1.35. The van der Waals surface area contributed by atoms with Crippen molar-refractivity contribution in [3.05, 3.63) is 20.8 Å². The Hall–Kier alpha value is -0.120. The number of aliphatic imine (C=N–C) groups is 1. The summed E-state index contributed by atoms with van der Waals surface area (Å²) >= 11 is 2.38. The minimum Gasteiger partial charge on any atom is -0.284 e. The molecule has 0 fully saturated rings. The number of hydrogen-bond acceptors (Lipinski definition) is 1. The Labute approximate surface area is 94.2 Å². The highest BCUT2D eigenvalue weighted by Gasteiger charge is 2.24. The number of rotatable bonds is 3. The summed E-state index contributed by atoms with van der Waals surface area (Å²) in [7, 11) is 0. The lowest BCUT2D eigenvalue weighted by Gasteiger charge is -2.23. The van der Waals surface area contributed by atoms with Crippen molar-refractivity contribution in [3.63, 3.8) is 0 Å². The lowest BCUT2D eigenvalue weighted by molar-refractivity contribution is 0.952. The Morgan fingerprint density at radius 2 is 2.08 bits per heavy atom. The van der Waals surface area contributed by atoms with E-state index in [1.54, 1.807) is 0 Å². The minimum atomic E-state index is 0.887. The van der Waals surface area contributed by atoms with E-state index in [0.717, 1.165) is 6.54 Å². The van der Waals surface area contributed by atoms with Crippen molar-refractivity contribution in [2.75, 3.05) is 6.54 Å². The molecule has 72 valence electrons. The van der Waals surface area contributed by atoms with Gasteiger partial charge in [-0.2, -0.15) is 0 Å². The molecule has 1 rings (SSSR count). The predicted molar refractivity (Wildman–Crippen MR) is 67.7 cm³/mol. The Kier molecular flexibility index (Phi) is 4.16. The largest absolute Gasteiger partial charge is 0.284 e. The Bertz CT molecular complexity index is 284. The van der Waals surface area contributed by atoms with Crippen molar-refractivity contribution in [2.45, 2.75) is 33.6 Å². The van der Waals surface area contributed by atoms with E-state index in [1.807, 2.05) is 0 Å². The smallest absolute Gasteiger partial charge is 0.0782 e. The lowest BCUT2D eigenvalue weighted by atomic mass is 9.89. The highest BCUT2D eigenvalue weighted by molar-refractivity contribution is 14.1. The average Bonchev–Trinajstić information content (AvgIpc) is 2.16. The van der Waals surface area contributed by atoms with Crippen LogP contribution in [0.1, 0.15) is 33.6 Å². The molecular weight excluding hydrogens is 273 g/mol. The quantitative estimate of drug-likeness (QED) is 0.699. The molecule has 1 nitrogen and oxygen atoms in total. The SMILES string of the molecule is CCC/C=C1/C(=NCC)C(I)=C1C. The van der Waals surface area contributed by atoms with Gasteiger partial charge in [0.15, 0.2) is 0 Å². The standard InChI is InChI=1S/C11H16IN/c1-4-6-7-9-8(3)10(12)11(9)13-5-2/h7H,4-6H2,1-3H3/b9-7+,13-11?. The van der Waals surface area contributed by atoms with Gasteiger partial charge in [0.2, 0.25) is 0 Å². The number of nitrogens with zero attached hydrogens (tertiary/aromatic N) is 1. The molecule has 2 heteroatoms. The van der Waals surface area contributed by atoms with Gasteiger partial charge in [-0.25, -0.2) is 0 Å². The second-order valence-electron chi connectivity index (χ2n) is 3.17. The van der Waals surface area contributed by atoms with E-state index in [4.69, 9.17) is 0 Å². The van der Waals surface area contributed by atoms with Gasteiger partial charge in [-0.15, -0.1) is 0 Å². The first kappa shape index (κ1) is 11.0. The molecule has 0 bridgehead atoms. The van der Waals surface area contributed by atoms with Gasteiger partial charge >= 0.3 is 0 Å². The maximum Gasteiger partial charge on any atom is 0.0782 e. The van der Waals surface area contributed by atoms with E-state index in [0.29, 0.717) is 0 Å². The highest BCUT2D eigenvalue weighted by atomic mass is 127. The second-order valence-corrected chi connectivity index (χ2v) is 4.25. The van der Waals surface area contributed by atoms with Crippen LogP contribution >= 0.6 is 22.6 Å². The Morgan fingerprint density at radius 3 is 2.62 bits per heavy atom. The molecule has 0 aliphatic heterocycles. The van der Waals surface area contributed by atoms with Crippen LogP contribution in [0, 0.1) is 0 Å². The van der Waals surface area contributed by atoms with Crippen LogP contribution in [-0.4, -0.2) is 12.3 Å². The van der Waals surface area contributed by atoms with Crippen LogP contribution in [0.4, 0.5) is 0 Å². The fraction of sp³-hybridized carbons (Fsp3) is 0.545. The Balaban J connectivity index is 2.84. The maximum atomic E-state index is 4.48. The summed E-state index contributed by atoms with van der Waals surface area (Å²) in [4.78, 5) is 4.48. The van der Waals surface area contributed by atoms with Crippen molar-refractivity contribution in [1.29, 1.82) is 0 Å². The molecule has 0 aromatic carbocycles. The van der Waals surface area contributed by atoms with Crippen LogP contribution in [0.5, 0.6) is 0 Å². The van der Waals surface area contributed by atoms with Gasteiger partial charge in [0.1, 0.15) is 0 Å². The minimum absolute atomic E-state index is 0.887. The monoisotopic (exact) mass is 289 g/mol. The van der Waals surface area contributed by atoms with Crippen molar-refractivity contribution in [2.24, 2.45) is 4.99 Å². The van der Waals surface area contributed by atoms with Crippen LogP contribution in [0.3, 0.4) is 0 Å². The molecule has 1 aliphatic rings. The third-order valence-electron chi connectivity index (χ3n) is 2.15. The van der Waals surface area contributed by atoms with E-state index in [2.05, 4.69) is 54.4 Å². The molecular formula is C11H16IN. The summed E-state index contributed by atoms with van der Waals surface area (Å²) in [5, 5.41) is 0. The number of hydrogen-bond donors (Lipinski definition) is 0. The summed E-state index contributed by atoms with van der Waals surface area (Å²) in [5.41, 5.74) is 4.03. The average molecular weight is 289 g/mol. The zero-order valence-corrected chi connectivity index (χ0v) is 10.7. The maximum absolute atomic E-state index is 4.48. The van der Waals surface area contributed by atoms with Gasteiger partial charge in [0.25, 0.3) is 0 Å². The van der Waals surface area contributed by atoms with Crippen molar-refractivity contribution in [1.82, 2.24) is 0 Å². The van der Waals surface area contributed by atoms with Gasteiger partial charge < -0.3 is 0 Å². The van der Waals surface area contributed by atoms with Crippen LogP contribution < -0.4 is 0 Å². The Morgan fingerprint density at radius 1 is 1.38 bits per heavy atom. The van der Waals surface area contributed by atoms with Crippen molar-refractivity contribution in [3.8, 4) is 0 Å². The molecule has 0 saturated heterocycles. The summed E-state index contributed by atoms with van der Waals surface area (Å²) in [6.45, 7) is 7.36. The van der Waals surface area contributed by atoms with E-state index in [-0.39, 0.29) is 0 Å². The zero-order chi connectivity index (χ0) is 9.84. The first-order chi connectivity index (χ1) is 6.22. The summed E-state index contributed by atoms with van der Waals surface area (Å²) in [6, 6.07) is 0. The summed E-state index contributed by atoms with van der Waals surface area (Å²) in [5.74, 6) is 0. The summed E-state index contributed by atoms with van der Waals surface area (Å²) in [6.07, 6.45) is 4.69.